The van der Waals surface area contributed by atoms with Crippen LogP contribution in [0, 0.1) is 5.92 Å². The minimum absolute atomic E-state index is 0.777. The molecule has 0 aromatic carbocycles. The van der Waals surface area contributed by atoms with Crippen LogP contribution in [0.2, 0.25) is 0 Å². The number of piperidine rings is 1. The van der Waals surface area contributed by atoms with Gasteiger partial charge in [-0.15, -0.1) is 0 Å². The molecule has 0 radical (unpaired) electrons. The summed E-state index contributed by atoms with van der Waals surface area (Å²) in [6.07, 6.45) is 2.79. The van der Waals surface area contributed by atoms with Crippen LogP contribution in [0.25, 0.3) is 0 Å². The highest BCUT2D eigenvalue weighted by Crippen LogP contribution is 2.23. The van der Waals surface area contributed by atoms with Gasteiger partial charge < -0.3 is 9.80 Å². The van der Waals surface area contributed by atoms with E-state index in [0.717, 1.165) is 12.0 Å². The zero-order valence-electron chi connectivity index (χ0n) is 11.0. The van der Waals surface area contributed by atoms with Gasteiger partial charge in [-0.1, -0.05) is 20.8 Å². The van der Waals surface area contributed by atoms with Gasteiger partial charge in [0.2, 0.25) is 0 Å². The number of nitrogens with zero attached hydrogens (tertiary/aromatic N) is 2. The van der Waals surface area contributed by atoms with Gasteiger partial charge >= 0.3 is 0 Å². The van der Waals surface area contributed by atoms with E-state index < -0.39 is 0 Å². The molecule has 2 nitrogen and oxygen atoms in total. The third-order valence-electron chi connectivity index (χ3n) is 4.15. The second-order valence-electron chi connectivity index (χ2n) is 4.73. The molecular weight excluding hydrogens is 184 g/mol. The van der Waals surface area contributed by atoms with E-state index in [1.165, 1.54) is 45.6 Å². The summed E-state index contributed by atoms with van der Waals surface area (Å²) in [6, 6.07) is 0.777. The normalized spacial score (nSPS) is 22.2. The number of likely N-dealkylation sites (tertiary alicyclic amines) is 1. The average molecular weight is 212 g/mol. The van der Waals surface area contributed by atoms with E-state index in [2.05, 4.69) is 37.5 Å². The van der Waals surface area contributed by atoms with Gasteiger partial charge in [0.1, 0.15) is 0 Å². The quantitative estimate of drug-likeness (QED) is 0.691. The van der Waals surface area contributed by atoms with Crippen LogP contribution in [0.3, 0.4) is 0 Å². The SMILES string of the molecule is CCN1CCC(C(C)N(CC)CC)CC1. The van der Waals surface area contributed by atoms with E-state index in [9.17, 15) is 0 Å². The van der Waals surface area contributed by atoms with Crippen molar-refractivity contribution in [3.8, 4) is 0 Å². The van der Waals surface area contributed by atoms with Gasteiger partial charge in [-0.2, -0.15) is 0 Å². The first-order valence-electron chi connectivity index (χ1n) is 6.69. The fourth-order valence-corrected chi connectivity index (χ4v) is 2.85. The highest BCUT2D eigenvalue weighted by atomic mass is 15.2. The molecule has 0 bridgehead atoms. The van der Waals surface area contributed by atoms with Crippen LogP contribution in [0.5, 0.6) is 0 Å². The maximum absolute atomic E-state index is 2.60. The summed E-state index contributed by atoms with van der Waals surface area (Å²) in [7, 11) is 0. The summed E-state index contributed by atoms with van der Waals surface area (Å²) in [6.45, 7) is 15.5. The summed E-state index contributed by atoms with van der Waals surface area (Å²) in [4.78, 5) is 5.18. The maximum Gasteiger partial charge on any atom is 0.00959 e. The van der Waals surface area contributed by atoms with Crippen molar-refractivity contribution in [2.24, 2.45) is 5.92 Å². The highest BCUT2D eigenvalue weighted by molar-refractivity contribution is 4.80. The summed E-state index contributed by atoms with van der Waals surface area (Å²) in [5.41, 5.74) is 0. The molecule has 0 amide bonds. The Morgan fingerprint density at radius 1 is 1.13 bits per heavy atom. The first-order valence-corrected chi connectivity index (χ1v) is 6.69. The van der Waals surface area contributed by atoms with Crippen LogP contribution in [0.15, 0.2) is 0 Å². The maximum atomic E-state index is 2.60. The largest absolute Gasteiger partial charge is 0.304 e. The van der Waals surface area contributed by atoms with Crippen molar-refractivity contribution in [3.63, 3.8) is 0 Å². The van der Waals surface area contributed by atoms with Crippen LogP contribution in [-0.4, -0.2) is 48.6 Å². The Morgan fingerprint density at radius 3 is 2.07 bits per heavy atom. The minimum atomic E-state index is 0.777. The third-order valence-corrected chi connectivity index (χ3v) is 4.15. The summed E-state index contributed by atoms with van der Waals surface area (Å²) < 4.78 is 0. The molecule has 0 N–H and O–H groups in total. The Hall–Kier alpha value is -0.0800. The van der Waals surface area contributed by atoms with Gasteiger partial charge in [-0.05, 0) is 58.4 Å². The number of hydrogen-bond acceptors (Lipinski definition) is 2. The predicted octanol–water partition coefficient (Wildman–Crippen LogP) is 2.45. The lowest BCUT2D eigenvalue weighted by molar-refractivity contribution is 0.105. The molecule has 0 aliphatic carbocycles. The third kappa shape index (κ3) is 3.46. The average Bonchev–Trinajstić information content (AvgIpc) is 2.30. The molecule has 0 saturated carbocycles. The molecule has 0 aromatic rings. The molecule has 1 unspecified atom stereocenters. The Kier molecular flexibility index (Phi) is 5.62. The Morgan fingerprint density at radius 2 is 1.67 bits per heavy atom. The minimum Gasteiger partial charge on any atom is -0.304 e. The highest BCUT2D eigenvalue weighted by Gasteiger charge is 2.25. The molecule has 1 aliphatic heterocycles. The molecule has 90 valence electrons. The molecule has 1 heterocycles. The first-order chi connectivity index (χ1) is 7.22. The van der Waals surface area contributed by atoms with Crippen LogP contribution in [0.1, 0.15) is 40.5 Å². The van der Waals surface area contributed by atoms with Gasteiger partial charge in [0.25, 0.3) is 0 Å². The van der Waals surface area contributed by atoms with Crippen molar-refractivity contribution in [3.05, 3.63) is 0 Å². The predicted molar refractivity (Wildman–Crippen MR) is 67.2 cm³/mol. The lowest BCUT2D eigenvalue weighted by Crippen LogP contribution is -2.44. The molecule has 0 spiro atoms. The monoisotopic (exact) mass is 212 g/mol. The molecule has 1 aliphatic rings. The van der Waals surface area contributed by atoms with Crippen molar-refractivity contribution in [1.29, 1.82) is 0 Å². The first kappa shape index (κ1) is 13.0. The number of hydrogen-bond donors (Lipinski definition) is 0. The van der Waals surface area contributed by atoms with Crippen molar-refractivity contribution < 1.29 is 0 Å². The van der Waals surface area contributed by atoms with Crippen LogP contribution < -0.4 is 0 Å². The summed E-state index contributed by atoms with van der Waals surface area (Å²) in [5, 5.41) is 0. The van der Waals surface area contributed by atoms with Crippen molar-refractivity contribution in [2.45, 2.75) is 46.6 Å². The number of rotatable bonds is 5. The van der Waals surface area contributed by atoms with Crippen molar-refractivity contribution in [2.75, 3.05) is 32.7 Å². The van der Waals surface area contributed by atoms with E-state index in [1.807, 2.05) is 0 Å². The lowest BCUT2D eigenvalue weighted by Gasteiger charge is -2.38. The van der Waals surface area contributed by atoms with E-state index in [0.29, 0.717) is 0 Å². The van der Waals surface area contributed by atoms with Crippen LogP contribution in [0.4, 0.5) is 0 Å². The molecule has 15 heavy (non-hydrogen) atoms. The molecule has 1 saturated heterocycles. The fourth-order valence-electron chi connectivity index (χ4n) is 2.85. The standard InChI is InChI=1S/C13H28N2/c1-5-14-10-8-13(9-11-14)12(4)15(6-2)7-3/h12-13H,5-11H2,1-4H3. The van der Waals surface area contributed by atoms with E-state index in [1.54, 1.807) is 0 Å². The summed E-state index contributed by atoms with van der Waals surface area (Å²) >= 11 is 0. The fraction of sp³-hybridized carbons (Fsp3) is 1.00. The van der Waals surface area contributed by atoms with Crippen molar-refractivity contribution in [1.82, 2.24) is 9.80 Å². The molecule has 2 heteroatoms. The van der Waals surface area contributed by atoms with Gasteiger partial charge in [0.05, 0.1) is 0 Å². The molecule has 0 aromatic heterocycles. The summed E-state index contributed by atoms with van der Waals surface area (Å²) in [5.74, 6) is 0.924. The van der Waals surface area contributed by atoms with Crippen LogP contribution >= 0.6 is 0 Å². The van der Waals surface area contributed by atoms with Gasteiger partial charge in [0, 0.05) is 6.04 Å². The lowest BCUT2D eigenvalue weighted by atomic mass is 9.89. The molecular formula is C13H28N2. The topological polar surface area (TPSA) is 6.48 Å². The second kappa shape index (κ2) is 6.49. The van der Waals surface area contributed by atoms with E-state index in [-0.39, 0.29) is 0 Å². The van der Waals surface area contributed by atoms with E-state index in [4.69, 9.17) is 0 Å². The molecule has 1 atom stereocenters. The Balaban J connectivity index is 2.38. The van der Waals surface area contributed by atoms with Gasteiger partial charge in [-0.25, -0.2) is 0 Å². The second-order valence-corrected chi connectivity index (χ2v) is 4.73. The van der Waals surface area contributed by atoms with Gasteiger partial charge in [0.15, 0.2) is 0 Å². The molecule has 1 rings (SSSR count). The molecule has 1 fully saturated rings. The zero-order valence-corrected chi connectivity index (χ0v) is 11.0. The zero-order chi connectivity index (χ0) is 11.3. The van der Waals surface area contributed by atoms with Gasteiger partial charge in [-0.3, -0.25) is 0 Å². The van der Waals surface area contributed by atoms with E-state index >= 15 is 0 Å². The van der Waals surface area contributed by atoms with Crippen molar-refractivity contribution >= 4 is 0 Å². The van der Waals surface area contributed by atoms with Crippen LogP contribution in [-0.2, 0) is 0 Å². The Labute approximate surface area is 95.6 Å². The Bertz CT molecular complexity index is 158. The smallest absolute Gasteiger partial charge is 0.00959 e.